The minimum atomic E-state index is 0.0803. The molecule has 3 fully saturated rings. The van der Waals surface area contributed by atoms with Gasteiger partial charge < -0.3 is 19.9 Å². The van der Waals surface area contributed by atoms with Crippen LogP contribution in [0.15, 0.2) is 24.3 Å². The van der Waals surface area contributed by atoms with Gasteiger partial charge in [0.1, 0.15) is 0 Å². The Bertz CT molecular complexity index is 647. The zero-order valence-electron chi connectivity index (χ0n) is 16.6. The molecule has 0 aliphatic carbocycles. The summed E-state index contributed by atoms with van der Waals surface area (Å²) in [7, 11) is 0. The van der Waals surface area contributed by atoms with Gasteiger partial charge in [0.15, 0.2) is 0 Å². The maximum absolute atomic E-state index is 12.5. The molecule has 5 heteroatoms. The third-order valence-corrected chi connectivity index (χ3v) is 6.75. The van der Waals surface area contributed by atoms with Crippen LogP contribution in [0, 0.1) is 6.92 Å². The van der Waals surface area contributed by atoms with Crippen LogP contribution in [0.1, 0.15) is 49.1 Å². The zero-order chi connectivity index (χ0) is 18.7. The SMILES string of the molecule is Cc1ccccc1C1CCN(CCNC(=O)N2CCC3(CCCO3)CC2)C1. The molecule has 4 rings (SSSR count). The highest BCUT2D eigenvalue weighted by Crippen LogP contribution is 2.35. The smallest absolute Gasteiger partial charge is 0.317 e. The van der Waals surface area contributed by atoms with Crippen LogP contribution in [0.25, 0.3) is 0 Å². The van der Waals surface area contributed by atoms with Gasteiger partial charge in [0.05, 0.1) is 5.60 Å². The number of carbonyl (C=O) groups is 1. The van der Waals surface area contributed by atoms with E-state index in [1.165, 1.54) is 30.4 Å². The fourth-order valence-corrected chi connectivity index (χ4v) is 5.03. The molecule has 148 valence electrons. The van der Waals surface area contributed by atoms with Crippen LogP contribution in [0.5, 0.6) is 0 Å². The molecular formula is C22H33N3O2. The van der Waals surface area contributed by atoms with Crippen molar-refractivity contribution in [1.29, 1.82) is 0 Å². The van der Waals surface area contributed by atoms with Crippen molar-refractivity contribution in [2.24, 2.45) is 0 Å². The molecule has 3 saturated heterocycles. The number of piperidine rings is 1. The van der Waals surface area contributed by atoms with Crippen molar-refractivity contribution in [2.45, 2.75) is 50.5 Å². The first-order chi connectivity index (χ1) is 13.2. The Labute approximate surface area is 163 Å². The standard InChI is InChI=1S/C22H33N3O2/c1-18-5-2-3-6-20(18)19-7-12-24(17-19)15-11-23-21(26)25-13-9-22(10-14-25)8-4-16-27-22/h2-3,5-6,19H,4,7-17H2,1H3,(H,23,26). The van der Waals surface area contributed by atoms with E-state index in [9.17, 15) is 4.79 Å². The quantitative estimate of drug-likeness (QED) is 0.884. The molecule has 0 saturated carbocycles. The van der Waals surface area contributed by atoms with Gasteiger partial charge in [-0.3, -0.25) is 0 Å². The Kier molecular flexibility index (Phi) is 5.69. The van der Waals surface area contributed by atoms with Crippen molar-refractivity contribution in [3.05, 3.63) is 35.4 Å². The largest absolute Gasteiger partial charge is 0.375 e. The van der Waals surface area contributed by atoms with E-state index in [-0.39, 0.29) is 11.6 Å². The van der Waals surface area contributed by atoms with Crippen LogP contribution in [0.3, 0.4) is 0 Å². The van der Waals surface area contributed by atoms with E-state index in [1.807, 2.05) is 4.90 Å². The maximum Gasteiger partial charge on any atom is 0.317 e. The number of nitrogens with zero attached hydrogens (tertiary/aromatic N) is 2. The van der Waals surface area contributed by atoms with Crippen LogP contribution in [-0.2, 0) is 4.74 Å². The molecule has 1 atom stereocenters. The third-order valence-electron chi connectivity index (χ3n) is 6.75. The van der Waals surface area contributed by atoms with E-state index in [0.717, 1.165) is 58.7 Å². The molecule has 0 bridgehead atoms. The second-order valence-electron chi connectivity index (χ2n) is 8.50. The summed E-state index contributed by atoms with van der Waals surface area (Å²) in [6.07, 6.45) is 5.54. The Morgan fingerprint density at radius 3 is 2.78 bits per heavy atom. The lowest BCUT2D eigenvalue weighted by Crippen LogP contribution is -2.50. The van der Waals surface area contributed by atoms with Gasteiger partial charge in [-0.2, -0.15) is 0 Å². The van der Waals surface area contributed by atoms with Crippen molar-refractivity contribution >= 4 is 6.03 Å². The van der Waals surface area contributed by atoms with Gasteiger partial charge >= 0.3 is 6.03 Å². The Hall–Kier alpha value is -1.59. The second-order valence-corrected chi connectivity index (χ2v) is 8.50. The summed E-state index contributed by atoms with van der Waals surface area (Å²) in [5.41, 5.74) is 2.96. The second kappa shape index (κ2) is 8.19. The first-order valence-corrected chi connectivity index (χ1v) is 10.6. The summed E-state index contributed by atoms with van der Waals surface area (Å²) in [6.45, 7) is 8.65. The number of urea groups is 1. The summed E-state index contributed by atoms with van der Waals surface area (Å²) in [5.74, 6) is 0.631. The van der Waals surface area contributed by atoms with Crippen LogP contribution in [0.4, 0.5) is 4.79 Å². The minimum absolute atomic E-state index is 0.0803. The van der Waals surface area contributed by atoms with Crippen LogP contribution >= 0.6 is 0 Å². The molecule has 5 nitrogen and oxygen atoms in total. The fourth-order valence-electron chi connectivity index (χ4n) is 5.03. The van der Waals surface area contributed by atoms with E-state index in [0.29, 0.717) is 5.92 Å². The number of hydrogen-bond donors (Lipinski definition) is 1. The number of benzene rings is 1. The molecule has 27 heavy (non-hydrogen) atoms. The number of aryl methyl sites for hydroxylation is 1. The molecule has 3 heterocycles. The number of ether oxygens (including phenoxy) is 1. The lowest BCUT2D eigenvalue weighted by atomic mass is 9.89. The number of carbonyl (C=O) groups excluding carboxylic acids is 1. The number of rotatable bonds is 4. The summed E-state index contributed by atoms with van der Waals surface area (Å²) >= 11 is 0. The van der Waals surface area contributed by atoms with Gasteiger partial charge in [-0.15, -0.1) is 0 Å². The highest BCUT2D eigenvalue weighted by Gasteiger charge is 2.39. The Morgan fingerprint density at radius 2 is 2.04 bits per heavy atom. The molecule has 0 aromatic heterocycles. The van der Waals surface area contributed by atoms with Gasteiger partial charge in [0, 0.05) is 39.3 Å². The number of amides is 2. The molecule has 1 N–H and O–H groups in total. The average Bonchev–Trinajstić information content (AvgIpc) is 3.33. The van der Waals surface area contributed by atoms with Crippen molar-refractivity contribution in [1.82, 2.24) is 15.1 Å². The van der Waals surface area contributed by atoms with E-state index < -0.39 is 0 Å². The van der Waals surface area contributed by atoms with Crippen molar-refractivity contribution < 1.29 is 9.53 Å². The molecular weight excluding hydrogens is 338 g/mol. The summed E-state index contributed by atoms with van der Waals surface area (Å²) in [6, 6.07) is 8.82. The molecule has 1 spiro atoms. The number of nitrogens with one attached hydrogen (secondary N) is 1. The third kappa shape index (κ3) is 4.30. The van der Waals surface area contributed by atoms with Gasteiger partial charge in [-0.1, -0.05) is 24.3 Å². The van der Waals surface area contributed by atoms with Gasteiger partial charge in [0.2, 0.25) is 0 Å². The van der Waals surface area contributed by atoms with E-state index in [4.69, 9.17) is 4.74 Å². The monoisotopic (exact) mass is 371 g/mol. The predicted molar refractivity (Wildman–Crippen MR) is 107 cm³/mol. The molecule has 1 aromatic carbocycles. The van der Waals surface area contributed by atoms with Gasteiger partial charge in [-0.05, 0) is 62.6 Å². The van der Waals surface area contributed by atoms with E-state index in [2.05, 4.69) is 41.4 Å². The summed E-state index contributed by atoms with van der Waals surface area (Å²) < 4.78 is 5.95. The summed E-state index contributed by atoms with van der Waals surface area (Å²) in [5, 5.41) is 3.13. The first kappa shape index (κ1) is 18.8. The van der Waals surface area contributed by atoms with Crippen molar-refractivity contribution in [2.75, 3.05) is 45.9 Å². The lowest BCUT2D eigenvalue weighted by molar-refractivity contribution is -0.0361. The van der Waals surface area contributed by atoms with Crippen LogP contribution < -0.4 is 5.32 Å². The fraction of sp³-hybridized carbons (Fsp3) is 0.682. The molecule has 1 aromatic rings. The van der Waals surface area contributed by atoms with E-state index in [1.54, 1.807) is 0 Å². The number of hydrogen-bond acceptors (Lipinski definition) is 3. The average molecular weight is 372 g/mol. The van der Waals surface area contributed by atoms with Crippen molar-refractivity contribution in [3.63, 3.8) is 0 Å². The highest BCUT2D eigenvalue weighted by molar-refractivity contribution is 5.74. The molecule has 3 aliphatic rings. The molecule has 1 unspecified atom stereocenters. The van der Waals surface area contributed by atoms with Crippen molar-refractivity contribution in [3.8, 4) is 0 Å². The maximum atomic E-state index is 12.5. The Balaban J connectivity index is 1.17. The van der Waals surface area contributed by atoms with Crippen LogP contribution in [0.2, 0.25) is 0 Å². The zero-order valence-corrected chi connectivity index (χ0v) is 16.6. The van der Waals surface area contributed by atoms with Gasteiger partial charge in [0.25, 0.3) is 0 Å². The minimum Gasteiger partial charge on any atom is -0.375 e. The normalized spacial score (nSPS) is 25.2. The van der Waals surface area contributed by atoms with Crippen LogP contribution in [-0.4, -0.2) is 67.3 Å². The highest BCUT2D eigenvalue weighted by atomic mass is 16.5. The lowest BCUT2D eigenvalue weighted by Gasteiger charge is -2.38. The van der Waals surface area contributed by atoms with Gasteiger partial charge in [-0.25, -0.2) is 4.79 Å². The predicted octanol–water partition coefficient (Wildman–Crippen LogP) is 3.14. The molecule has 2 amide bonds. The summed E-state index contributed by atoms with van der Waals surface area (Å²) in [4.78, 5) is 16.9. The Morgan fingerprint density at radius 1 is 1.22 bits per heavy atom. The van der Waals surface area contributed by atoms with E-state index >= 15 is 0 Å². The number of likely N-dealkylation sites (tertiary alicyclic amines) is 2. The molecule has 0 radical (unpaired) electrons. The molecule has 3 aliphatic heterocycles. The first-order valence-electron chi connectivity index (χ1n) is 10.6. The topological polar surface area (TPSA) is 44.8 Å².